The fourth-order valence-corrected chi connectivity index (χ4v) is 1.40. The molecule has 0 aliphatic heterocycles. The number of imidazole rings is 1. The molecule has 2 aromatic heterocycles. The van der Waals surface area contributed by atoms with Gasteiger partial charge in [-0.25, -0.2) is 9.97 Å². The normalized spacial score (nSPS) is 10.8. The summed E-state index contributed by atoms with van der Waals surface area (Å²) in [7, 11) is 0. The molecule has 2 aromatic rings. The van der Waals surface area contributed by atoms with Crippen molar-refractivity contribution in [3.8, 4) is 0 Å². The zero-order chi connectivity index (χ0) is 8.55. The number of H-pyrrole nitrogens is 1. The molecule has 5 heteroatoms. The Labute approximate surface area is 76.8 Å². The molecule has 0 saturated heterocycles. The van der Waals surface area contributed by atoms with Gasteiger partial charge in [-0.1, -0.05) is 0 Å². The molecule has 0 aromatic carbocycles. The van der Waals surface area contributed by atoms with Crippen molar-refractivity contribution in [2.45, 2.75) is 6.61 Å². The summed E-state index contributed by atoms with van der Waals surface area (Å²) in [6, 6.07) is 1.82. The lowest BCUT2D eigenvalue weighted by atomic mass is 10.4. The molecule has 0 unspecified atom stereocenters. The van der Waals surface area contributed by atoms with E-state index in [-0.39, 0.29) is 6.61 Å². The molecule has 0 aliphatic carbocycles. The highest BCUT2D eigenvalue weighted by Gasteiger charge is 2.04. The van der Waals surface area contributed by atoms with E-state index in [0.717, 1.165) is 9.99 Å². The fraction of sp³-hybridized carbons (Fsp3) is 0.143. The number of aliphatic hydroxyl groups is 1. The number of hydrogen-bond donors (Lipinski definition) is 2. The van der Waals surface area contributed by atoms with Crippen LogP contribution in [-0.4, -0.2) is 20.1 Å². The number of halogens is 1. The molecule has 0 amide bonds. The Morgan fingerprint density at radius 1 is 1.58 bits per heavy atom. The van der Waals surface area contributed by atoms with Gasteiger partial charge in [0.1, 0.15) is 12.4 Å². The zero-order valence-corrected chi connectivity index (χ0v) is 7.67. The lowest BCUT2D eigenvalue weighted by Gasteiger charge is -1.88. The first-order valence-corrected chi connectivity index (χ1v) is 4.20. The third-order valence-corrected chi connectivity index (χ3v) is 2.20. The maximum Gasteiger partial charge on any atom is 0.178 e. The lowest BCUT2D eigenvalue weighted by Crippen LogP contribution is -1.83. The topological polar surface area (TPSA) is 61.8 Å². The number of aromatic nitrogens is 3. The molecule has 0 aliphatic rings. The number of rotatable bonds is 1. The maximum absolute atomic E-state index is 8.79. The number of pyridine rings is 1. The van der Waals surface area contributed by atoms with E-state index in [1.165, 1.54) is 0 Å². The van der Waals surface area contributed by atoms with E-state index in [1.54, 1.807) is 6.20 Å². The third-order valence-electron chi connectivity index (χ3n) is 1.54. The van der Waals surface area contributed by atoms with Gasteiger partial charge in [-0.15, -0.1) is 0 Å². The van der Waals surface area contributed by atoms with Crippen molar-refractivity contribution in [1.29, 1.82) is 0 Å². The number of nitrogens with one attached hydrogen (secondary N) is 1. The standard InChI is InChI=1S/C7H6BrN3O/c8-4-1-2-9-7-6(4)10-5(3-12)11-7/h1-2,12H,3H2,(H,9,10,11). The van der Waals surface area contributed by atoms with Gasteiger partial charge in [0.15, 0.2) is 5.65 Å². The van der Waals surface area contributed by atoms with Crippen molar-refractivity contribution in [2.75, 3.05) is 0 Å². The van der Waals surface area contributed by atoms with Gasteiger partial charge >= 0.3 is 0 Å². The van der Waals surface area contributed by atoms with E-state index in [9.17, 15) is 0 Å². The predicted octanol–water partition coefficient (Wildman–Crippen LogP) is 1.21. The zero-order valence-electron chi connectivity index (χ0n) is 6.08. The Hall–Kier alpha value is -0.940. The van der Waals surface area contributed by atoms with E-state index in [4.69, 9.17) is 5.11 Å². The molecular weight excluding hydrogens is 222 g/mol. The van der Waals surface area contributed by atoms with Crippen molar-refractivity contribution in [2.24, 2.45) is 0 Å². The molecule has 2 rings (SSSR count). The Morgan fingerprint density at radius 3 is 3.08 bits per heavy atom. The van der Waals surface area contributed by atoms with Crippen LogP contribution in [0.25, 0.3) is 11.2 Å². The number of hydrogen-bond acceptors (Lipinski definition) is 3. The number of aliphatic hydroxyl groups excluding tert-OH is 1. The van der Waals surface area contributed by atoms with Gasteiger partial charge in [0, 0.05) is 10.7 Å². The Balaban J connectivity index is 2.74. The largest absolute Gasteiger partial charge is 0.388 e. The van der Waals surface area contributed by atoms with Gasteiger partial charge in [0.05, 0.1) is 5.52 Å². The summed E-state index contributed by atoms with van der Waals surface area (Å²) in [6.45, 7) is -0.0944. The van der Waals surface area contributed by atoms with Crippen molar-refractivity contribution in [3.05, 3.63) is 22.6 Å². The molecule has 0 spiro atoms. The molecule has 0 radical (unpaired) electrons. The van der Waals surface area contributed by atoms with Crippen LogP contribution in [0.15, 0.2) is 16.7 Å². The van der Waals surface area contributed by atoms with Gasteiger partial charge in [-0.2, -0.15) is 0 Å². The minimum atomic E-state index is -0.0944. The smallest absolute Gasteiger partial charge is 0.178 e. The first kappa shape index (κ1) is 7.70. The van der Waals surface area contributed by atoms with E-state index < -0.39 is 0 Å². The molecule has 0 bridgehead atoms. The summed E-state index contributed by atoms with van der Waals surface area (Å²) >= 11 is 3.35. The quantitative estimate of drug-likeness (QED) is 0.771. The highest BCUT2D eigenvalue weighted by atomic mass is 79.9. The molecule has 2 N–H and O–H groups in total. The lowest BCUT2D eigenvalue weighted by molar-refractivity contribution is 0.273. The van der Waals surface area contributed by atoms with E-state index in [2.05, 4.69) is 30.9 Å². The molecule has 0 fully saturated rings. The van der Waals surface area contributed by atoms with E-state index >= 15 is 0 Å². The second-order valence-electron chi connectivity index (χ2n) is 2.33. The van der Waals surface area contributed by atoms with Gasteiger partial charge in [-0.05, 0) is 22.0 Å². The average Bonchev–Trinajstić information content (AvgIpc) is 2.49. The van der Waals surface area contributed by atoms with Crippen molar-refractivity contribution < 1.29 is 5.11 Å². The molecule has 0 atom stereocenters. The Bertz CT molecular complexity index is 412. The van der Waals surface area contributed by atoms with Gasteiger partial charge in [0.2, 0.25) is 0 Å². The predicted molar refractivity (Wildman–Crippen MR) is 47.5 cm³/mol. The van der Waals surface area contributed by atoms with Gasteiger partial charge in [-0.3, -0.25) is 0 Å². The Morgan fingerprint density at radius 2 is 2.42 bits per heavy atom. The summed E-state index contributed by atoms with van der Waals surface area (Å²) in [4.78, 5) is 11.0. The monoisotopic (exact) mass is 227 g/mol. The molecule has 4 nitrogen and oxygen atoms in total. The van der Waals surface area contributed by atoms with Crippen LogP contribution < -0.4 is 0 Å². The first-order chi connectivity index (χ1) is 5.81. The molecular formula is C7H6BrN3O. The summed E-state index contributed by atoms with van der Waals surface area (Å²) in [5.41, 5.74) is 1.44. The second-order valence-corrected chi connectivity index (χ2v) is 3.19. The summed E-state index contributed by atoms with van der Waals surface area (Å²) in [5, 5.41) is 8.79. The fourth-order valence-electron chi connectivity index (χ4n) is 1.00. The van der Waals surface area contributed by atoms with Crippen LogP contribution in [0, 0.1) is 0 Å². The van der Waals surface area contributed by atoms with Crippen molar-refractivity contribution in [1.82, 2.24) is 15.0 Å². The van der Waals surface area contributed by atoms with Crippen LogP contribution in [0.1, 0.15) is 5.82 Å². The average molecular weight is 228 g/mol. The molecule has 62 valence electrons. The highest BCUT2D eigenvalue weighted by Crippen LogP contribution is 2.19. The number of fused-ring (bicyclic) bond motifs is 1. The number of aromatic amines is 1. The van der Waals surface area contributed by atoms with Crippen LogP contribution in [0.4, 0.5) is 0 Å². The van der Waals surface area contributed by atoms with Crippen molar-refractivity contribution >= 4 is 27.1 Å². The minimum absolute atomic E-state index is 0.0944. The maximum atomic E-state index is 8.79. The first-order valence-electron chi connectivity index (χ1n) is 3.41. The van der Waals surface area contributed by atoms with Crippen LogP contribution in [0.2, 0.25) is 0 Å². The summed E-state index contributed by atoms with van der Waals surface area (Å²) in [6.07, 6.45) is 1.66. The molecule has 12 heavy (non-hydrogen) atoms. The summed E-state index contributed by atoms with van der Waals surface area (Å²) < 4.78 is 0.903. The SMILES string of the molecule is OCc1nc2nccc(Br)c2[nH]1. The minimum Gasteiger partial charge on any atom is -0.388 e. The van der Waals surface area contributed by atoms with Crippen LogP contribution in [-0.2, 0) is 6.61 Å². The third kappa shape index (κ3) is 1.11. The van der Waals surface area contributed by atoms with Crippen LogP contribution in [0.3, 0.4) is 0 Å². The van der Waals surface area contributed by atoms with Gasteiger partial charge < -0.3 is 10.1 Å². The van der Waals surface area contributed by atoms with Crippen LogP contribution >= 0.6 is 15.9 Å². The number of nitrogens with zero attached hydrogens (tertiary/aromatic N) is 2. The highest BCUT2D eigenvalue weighted by molar-refractivity contribution is 9.10. The van der Waals surface area contributed by atoms with Crippen LogP contribution in [0.5, 0.6) is 0 Å². The van der Waals surface area contributed by atoms with Crippen molar-refractivity contribution in [3.63, 3.8) is 0 Å². The van der Waals surface area contributed by atoms with E-state index in [0.29, 0.717) is 11.5 Å². The molecule has 2 heterocycles. The summed E-state index contributed by atoms with van der Waals surface area (Å²) in [5.74, 6) is 0.532. The molecule has 0 saturated carbocycles. The second kappa shape index (κ2) is 2.84. The van der Waals surface area contributed by atoms with Gasteiger partial charge in [0.25, 0.3) is 0 Å². The van der Waals surface area contributed by atoms with E-state index in [1.807, 2.05) is 6.07 Å². The Kier molecular flexibility index (Phi) is 1.82.